The molecule has 0 saturated carbocycles. The summed E-state index contributed by atoms with van der Waals surface area (Å²) < 4.78 is 5.31. The molecule has 7 N–H and O–H groups in total. The first-order valence-electron chi connectivity index (χ1n) is 12.5. The fourth-order valence-electron chi connectivity index (χ4n) is 4.74. The van der Waals surface area contributed by atoms with Crippen molar-refractivity contribution in [1.82, 2.24) is 9.80 Å². The quantitative estimate of drug-likeness (QED) is 0.203. The summed E-state index contributed by atoms with van der Waals surface area (Å²) in [6.45, 7) is 5.28. The van der Waals surface area contributed by atoms with Gasteiger partial charge in [0, 0.05) is 56.1 Å². The highest BCUT2D eigenvalue weighted by Crippen LogP contribution is 2.30. The lowest BCUT2D eigenvalue weighted by molar-refractivity contribution is -0.129. The minimum absolute atomic E-state index is 0.0439. The maximum absolute atomic E-state index is 12.7. The summed E-state index contributed by atoms with van der Waals surface area (Å²) in [5.41, 5.74) is 16.0. The number of morpholine rings is 1. The van der Waals surface area contributed by atoms with Gasteiger partial charge in [-0.25, -0.2) is 5.84 Å². The van der Waals surface area contributed by atoms with E-state index in [0.717, 1.165) is 31.5 Å². The van der Waals surface area contributed by atoms with Crippen LogP contribution in [-0.2, 0) is 9.53 Å². The van der Waals surface area contributed by atoms with Crippen LogP contribution in [0.4, 0.5) is 11.4 Å². The third-order valence-electron chi connectivity index (χ3n) is 7.04. The van der Waals surface area contributed by atoms with E-state index in [2.05, 4.69) is 0 Å². The van der Waals surface area contributed by atoms with Crippen LogP contribution in [-0.4, -0.2) is 66.7 Å². The summed E-state index contributed by atoms with van der Waals surface area (Å²) >= 11 is 0. The standard InChI is InChI=1S/C27H35N7O3/c1-18(35)32-10-8-19(9-11-32)21-4-7-24(28)23(16-21)26(30)25(29)17-34(31)22-5-2-20(3-6-22)27(36)33-12-14-37-15-13-33/h2-7,16-17,19,30H,8-15,28-29,31H2,1H3/b25-17-,30-26?. The number of anilines is 2. The van der Waals surface area contributed by atoms with E-state index in [9.17, 15) is 9.59 Å². The SMILES string of the molecule is CC(=O)N1CCC(c2ccc(N)c(C(=N)/C(N)=C/N(N)c3ccc(C(=O)N4CCOCC4)cc3)c2)CC1. The predicted molar refractivity (Wildman–Crippen MR) is 144 cm³/mol. The summed E-state index contributed by atoms with van der Waals surface area (Å²) in [6, 6.07) is 12.6. The second-order valence-corrected chi connectivity index (χ2v) is 9.45. The second kappa shape index (κ2) is 11.4. The molecule has 0 bridgehead atoms. The molecule has 2 fully saturated rings. The summed E-state index contributed by atoms with van der Waals surface area (Å²) in [5, 5.41) is 9.99. The highest BCUT2D eigenvalue weighted by Gasteiger charge is 2.23. The lowest BCUT2D eigenvalue weighted by atomic mass is 9.87. The number of allylic oxidation sites excluding steroid dienone is 1. The molecule has 10 nitrogen and oxygen atoms in total. The van der Waals surface area contributed by atoms with Gasteiger partial charge in [0.25, 0.3) is 5.91 Å². The maximum Gasteiger partial charge on any atom is 0.254 e. The lowest BCUT2D eigenvalue weighted by Gasteiger charge is -2.31. The Balaban J connectivity index is 1.44. The summed E-state index contributed by atoms with van der Waals surface area (Å²) in [7, 11) is 0. The molecule has 4 rings (SSSR count). The molecule has 2 aromatic carbocycles. The topological polar surface area (TPSA) is 155 Å². The lowest BCUT2D eigenvalue weighted by Crippen LogP contribution is -2.40. The van der Waals surface area contributed by atoms with Crippen LogP contribution in [0.15, 0.2) is 54.4 Å². The number of piperidine rings is 1. The Labute approximate surface area is 217 Å². The zero-order valence-corrected chi connectivity index (χ0v) is 21.2. The number of carbonyl (C=O) groups excluding carboxylic acids is 2. The first kappa shape index (κ1) is 26.2. The minimum atomic E-state index is -0.0439. The molecule has 0 atom stereocenters. The number of amides is 2. The minimum Gasteiger partial charge on any atom is -0.398 e. The summed E-state index contributed by atoms with van der Waals surface area (Å²) in [4.78, 5) is 27.9. The fraction of sp³-hybridized carbons (Fsp3) is 0.370. The smallest absolute Gasteiger partial charge is 0.254 e. The molecule has 2 aliphatic heterocycles. The third-order valence-corrected chi connectivity index (χ3v) is 7.04. The molecule has 2 heterocycles. The zero-order chi connectivity index (χ0) is 26.5. The Bertz CT molecular complexity index is 1180. The van der Waals surface area contributed by atoms with Crippen molar-refractivity contribution in [2.75, 3.05) is 50.1 Å². The molecule has 2 aromatic rings. The Kier molecular flexibility index (Phi) is 8.10. The zero-order valence-electron chi connectivity index (χ0n) is 21.2. The number of nitrogens with zero attached hydrogens (tertiary/aromatic N) is 3. The third kappa shape index (κ3) is 6.10. The van der Waals surface area contributed by atoms with Gasteiger partial charge in [-0.1, -0.05) is 6.07 Å². The van der Waals surface area contributed by atoms with Crippen LogP contribution in [0.25, 0.3) is 0 Å². The number of likely N-dealkylation sites (tertiary alicyclic amines) is 1. The van der Waals surface area contributed by atoms with Gasteiger partial charge in [-0.05, 0) is 60.7 Å². The number of nitrogen functional groups attached to an aromatic ring is 1. The van der Waals surface area contributed by atoms with Crippen molar-refractivity contribution in [2.45, 2.75) is 25.7 Å². The van der Waals surface area contributed by atoms with Crippen molar-refractivity contribution in [1.29, 1.82) is 5.41 Å². The van der Waals surface area contributed by atoms with Gasteiger partial charge in [-0.3, -0.25) is 20.0 Å². The molecule has 0 aromatic heterocycles. The normalized spacial score (nSPS) is 17.0. The van der Waals surface area contributed by atoms with Gasteiger partial charge in [0.05, 0.1) is 30.3 Å². The van der Waals surface area contributed by atoms with Crippen LogP contribution in [0, 0.1) is 5.41 Å². The Hall–Kier alpha value is -3.89. The molecule has 0 radical (unpaired) electrons. The van der Waals surface area contributed by atoms with Crippen molar-refractivity contribution in [3.8, 4) is 0 Å². The average Bonchev–Trinajstić information content (AvgIpc) is 2.93. The second-order valence-electron chi connectivity index (χ2n) is 9.45. The van der Waals surface area contributed by atoms with Gasteiger partial charge in [0.1, 0.15) is 0 Å². The number of nitrogens with one attached hydrogen (secondary N) is 1. The highest BCUT2D eigenvalue weighted by molar-refractivity contribution is 6.13. The van der Waals surface area contributed by atoms with Crippen LogP contribution < -0.4 is 22.3 Å². The number of hydrazine groups is 1. The monoisotopic (exact) mass is 505 g/mol. The molecule has 0 unspecified atom stereocenters. The van der Waals surface area contributed by atoms with E-state index < -0.39 is 0 Å². The van der Waals surface area contributed by atoms with E-state index >= 15 is 0 Å². The Morgan fingerprint density at radius 2 is 1.68 bits per heavy atom. The molecule has 2 aliphatic rings. The van der Waals surface area contributed by atoms with Crippen LogP contribution in [0.1, 0.15) is 47.2 Å². The van der Waals surface area contributed by atoms with Crippen molar-refractivity contribution >= 4 is 28.9 Å². The van der Waals surface area contributed by atoms with Gasteiger partial charge in [0.15, 0.2) is 0 Å². The van der Waals surface area contributed by atoms with Gasteiger partial charge in [-0.2, -0.15) is 0 Å². The molecule has 2 amide bonds. The highest BCUT2D eigenvalue weighted by atomic mass is 16.5. The number of ether oxygens (including phenoxy) is 1. The number of carbonyl (C=O) groups is 2. The predicted octanol–water partition coefficient (Wildman–Crippen LogP) is 2.02. The molecular formula is C27H35N7O3. The molecule has 10 heteroatoms. The molecule has 196 valence electrons. The number of hydrogen-bond donors (Lipinski definition) is 4. The average molecular weight is 506 g/mol. The Morgan fingerprint density at radius 3 is 2.30 bits per heavy atom. The van der Waals surface area contributed by atoms with Crippen molar-refractivity contribution < 1.29 is 14.3 Å². The van der Waals surface area contributed by atoms with Crippen LogP contribution in [0.2, 0.25) is 0 Å². The van der Waals surface area contributed by atoms with Crippen molar-refractivity contribution in [3.63, 3.8) is 0 Å². The maximum atomic E-state index is 12.7. The molecule has 0 aliphatic carbocycles. The van der Waals surface area contributed by atoms with Crippen molar-refractivity contribution in [3.05, 3.63) is 71.1 Å². The van der Waals surface area contributed by atoms with Crippen molar-refractivity contribution in [2.24, 2.45) is 11.6 Å². The van der Waals surface area contributed by atoms with E-state index in [4.69, 9.17) is 27.5 Å². The van der Waals surface area contributed by atoms with Gasteiger partial charge < -0.3 is 26.0 Å². The number of rotatable bonds is 6. The van der Waals surface area contributed by atoms with Crippen LogP contribution in [0.3, 0.4) is 0 Å². The summed E-state index contributed by atoms with van der Waals surface area (Å²) in [6.07, 6.45) is 3.20. The number of hydrogen-bond acceptors (Lipinski definition) is 8. The molecule has 37 heavy (non-hydrogen) atoms. The van der Waals surface area contributed by atoms with Gasteiger partial charge in [-0.15, -0.1) is 0 Å². The fourth-order valence-corrected chi connectivity index (χ4v) is 4.74. The van der Waals surface area contributed by atoms with Crippen LogP contribution >= 0.6 is 0 Å². The van der Waals surface area contributed by atoms with E-state index in [0.29, 0.717) is 48.8 Å². The first-order valence-corrected chi connectivity index (χ1v) is 12.5. The van der Waals surface area contributed by atoms with Gasteiger partial charge in [0.2, 0.25) is 5.91 Å². The van der Waals surface area contributed by atoms with E-state index in [1.54, 1.807) is 42.2 Å². The van der Waals surface area contributed by atoms with Gasteiger partial charge >= 0.3 is 0 Å². The number of benzene rings is 2. The summed E-state index contributed by atoms with van der Waals surface area (Å²) in [5.74, 6) is 6.55. The van der Waals surface area contributed by atoms with E-state index in [-0.39, 0.29) is 29.1 Å². The van der Waals surface area contributed by atoms with E-state index in [1.165, 1.54) is 11.2 Å². The number of nitrogens with two attached hydrogens (primary N) is 3. The molecular weight excluding hydrogens is 470 g/mol. The molecule has 2 saturated heterocycles. The van der Waals surface area contributed by atoms with Crippen LogP contribution in [0.5, 0.6) is 0 Å². The molecule has 0 spiro atoms. The Morgan fingerprint density at radius 1 is 1.03 bits per heavy atom. The first-order chi connectivity index (χ1) is 17.7. The van der Waals surface area contributed by atoms with E-state index in [1.807, 2.05) is 17.0 Å². The largest absolute Gasteiger partial charge is 0.398 e.